The summed E-state index contributed by atoms with van der Waals surface area (Å²) in [5, 5.41) is 0. The molecule has 5 heteroatoms. The van der Waals surface area contributed by atoms with Crippen LogP contribution in [0, 0.1) is 18.6 Å². The molecule has 0 amide bonds. The number of benzene rings is 1. The van der Waals surface area contributed by atoms with Gasteiger partial charge in [-0.2, -0.15) is 0 Å². The van der Waals surface area contributed by atoms with Crippen LogP contribution in [0.3, 0.4) is 0 Å². The number of hydrogen-bond donors (Lipinski definition) is 0. The second kappa shape index (κ2) is 6.50. The van der Waals surface area contributed by atoms with Gasteiger partial charge in [0.1, 0.15) is 0 Å². The molecule has 0 radical (unpaired) electrons. The Kier molecular flexibility index (Phi) is 4.45. The van der Waals surface area contributed by atoms with E-state index >= 15 is 0 Å². The minimum absolute atomic E-state index is 0.235. The van der Waals surface area contributed by atoms with Crippen molar-refractivity contribution in [3.05, 3.63) is 65.0 Å². The normalized spacial score (nSPS) is 19.3. The van der Waals surface area contributed by atoms with Crippen molar-refractivity contribution < 1.29 is 13.5 Å². The lowest BCUT2D eigenvalue weighted by atomic mass is 10.1. The largest absolute Gasteiger partial charge is 0.371 e. The second-order valence-electron chi connectivity index (χ2n) is 5.64. The van der Waals surface area contributed by atoms with Gasteiger partial charge in [-0.15, -0.1) is 0 Å². The van der Waals surface area contributed by atoms with E-state index in [1.165, 1.54) is 6.07 Å². The van der Waals surface area contributed by atoms with Crippen LogP contribution in [0.15, 0.2) is 36.7 Å². The summed E-state index contributed by atoms with van der Waals surface area (Å²) in [6.07, 6.45) is 3.45. The lowest BCUT2D eigenvalue weighted by molar-refractivity contribution is -0.0331. The van der Waals surface area contributed by atoms with Crippen LogP contribution in [0.5, 0.6) is 0 Å². The van der Waals surface area contributed by atoms with Gasteiger partial charge < -0.3 is 4.74 Å². The van der Waals surface area contributed by atoms with Crippen LogP contribution in [0.1, 0.15) is 22.8 Å². The first-order valence-electron chi connectivity index (χ1n) is 7.31. The first-order chi connectivity index (χ1) is 10.6. The summed E-state index contributed by atoms with van der Waals surface area (Å²) in [6, 6.07) is 6.06. The van der Waals surface area contributed by atoms with E-state index in [0.29, 0.717) is 18.7 Å². The van der Waals surface area contributed by atoms with Gasteiger partial charge in [0.15, 0.2) is 11.6 Å². The number of morpholine rings is 1. The van der Waals surface area contributed by atoms with E-state index in [0.717, 1.165) is 30.3 Å². The number of hydrogen-bond acceptors (Lipinski definition) is 3. The zero-order chi connectivity index (χ0) is 15.5. The fourth-order valence-corrected chi connectivity index (χ4v) is 2.72. The maximum Gasteiger partial charge on any atom is 0.159 e. The topological polar surface area (TPSA) is 25.4 Å². The van der Waals surface area contributed by atoms with Gasteiger partial charge in [-0.3, -0.25) is 9.88 Å². The number of aryl methyl sites for hydroxylation is 1. The molecule has 1 fully saturated rings. The minimum Gasteiger partial charge on any atom is -0.371 e. The van der Waals surface area contributed by atoms with Crippen LogP contribution in [0.2, 0.25) is 0 Å². The van der Waals surface area contributed by atoms with E-state index in [2.05, 4.69) is 16.0 Å². The molecular formula is C17H18F2N2O. The van der Waals surface area contributed by atoms with Gasteiger partial charge >= 0.3 is 0 Å². The third-order valence-electron chi connectivity index (χ3n) is 3.80. The van der Waals surface area contributed by atoms with Gasteiger partial charge in [-0.1, -0.05) is 12.1 Å². The molecule has 0 bridgehead atoms. The van der Waals surface area contributed by atoms with Crippen molar-refractivity contribution in [3.8, 4) is 0 Å². The average Bonchev–Trinajstić information content (AvgIpc) is 2.50. The molecule has 1 saturated heterocycles. The molecule has 2 heterocycles. The lowest BCUT2D eigenvalue weighted by Crippen LogP contribution is -2.37. The molecule has 1 aliphatic rings. The van der Waals surface area contributed by atoms with Crippen molar-refractivity contribution in [2.45, 2.75) is 19.6 Å². The molecule has 3 rings (SSSR count). The highest BCUT2D eigenvalue weighted by Gasteiger charge is 2.23. The number of pyridine rings is 1. The van der Waals surface area contributed by atoms with Crippen molar-refractivity contribution >= 4 is 0 Å². The van der Waals surface area contributed by atoms with E-state index < -0.39 is 11.6 Å². The zero-order valence-corrected chi connectivity index (χ0v) is 12.4. The van der Waals surface area contributed by atoms with Crippen LogP contribution in [0.25, 0.3) is 0 Å². The number of halogens is 2. The first kappa shape index (κ1) is 15.1. The van der Waals surface area contributed by atoms with E-state index in [-0.39, 0.29) is 6.10 Å². The third kappa shape index (κ3) is 3.48. The van der Waals surface area contributed by atoms with E-state index in [1.807, 2.05) is 19.3 Å². The summed E-state index contributed by atoms with van der Waals surface area (Å²) < 4.78 is 32.1. The predicted octanol–water partition coefficient (Wildman–Crippen LogP) is 3.24. The van der Waals surface area contributed by atoms with E-state index in [4.69, 9.17) is 4.74 Å². The molecular weight excluding hydrogens is 286 g/mol. The molecule has 1 atom stereocenters. The maximum atomic E-state index is 13.4. The summed E-state index contributed by atoms with van der Waals surface area (Å²) in [7, 11) is 0. The molecule has 0 aliphatic carbocycles. The van der Waals surface area contributed by atoms with Crippen LogP contribution in [-0.2, 0) is 11.3 Å². The summed E-state index contributed by atoms with van der Waals surface area (Å²) in [5.41, 5.74) is 2.94. The van der Waals surface area contributed by atoms with E-state index in [1.54, 1.807) is 6.07 Å². The van der Waals surface area contributed by atoms with Crippen LogP contribution < -0.4 is 0 Å². The van der Waals surface area contributed by atoms with Crippen molar-refractivity contribution in [1.29, 1.82) is 0 Å². The Morgan fingerprint density at radius 2 is 2.09 bits per heavy atom. The van der Waals surface area contributed by atoms with Gasteiger partial charge in [0, 0.05) is 32.0 Å². The van der Waals surface area contributed by atoms with Gasteiger partial charge in [-0.25, -0.2) is 8.78 Å². The zero-order valence-electron chi connectivity index (χ0n) is 12.4. The van der Waals surface area contributed by atoms with Crippen molar-refractivity contribution in [2.75, 3.05) is 19.7 Å². The second-order valence-corrected chi connectivity index (χ2v) is 5.64. The van der Waals surface area contributed by atoms with Crippen LogP contribution >= 0.6 is 0 Å². The molecule has 2 aromatic rings. The first-order valence-corrected chi connectivity index (χ1v) is 7.31. The monoisotopic (exact) mass is 304 g/mol. The average molecular weight is 304 g/mol. The Bertz CT molecular complexity index is 663. The number of aromatic nitrogens is 1. The fraction of sp³-hybridized carbons (Fsp3) is 0.353. The molecule has 22 heavy (non-hydrogen) atoms. The van der Waals surface area contributed by atoms with Gasteiger partial charge in [0.25, 0.3) is 0 Å². The number of nitrogens with zero attached hydrogens (tertiary/aromatic N) is 2. The predicted molar refractivity (Wildman–Crippen MR) is 79.3 cm³/mol. The smallest absolute Gasteiger partial charge is 0.159 e. The molecule has 0 unspecified atom stereocenters. The molecule has 0 N–H and O–H groups in total. The highest BCUT2D eigenvalue weighted by Crippen LogP contribution is 2.24. The van der Waals surface area contributed by atoms with Gasteiger partial charge in [0.2, 0.25) is 0 Å². The van der Waals surface area contributed by atoms with Crippen molar-refractivity contribution in [1.82, 2.24) is 9.88 Å². The summed E-state index contributed by atoms with van der Waals surface area (Å²) in [5.74, 6) is -1.66. The number of rotatable bonds is 3. The Morgan fingerprint density at radius 1 is 1.23 bits per heavy atom. The molecule has 0 spiro atoms. The van der Waals surface area contributed by atoms with Crippen molar-refractivity contribution in [2.24, 2.45) is 0 Å². The standard InChI is InChI=1S/C17H18F2N2O/c1-12-6-13(9-20-8-12)10-21-4-5-22-17(11-21)14-2-3-15(18)16(19)7-14/h2-3,6-9,17H,4-5,10-11H2,1H3/t17-/m0/s1. The van der Waals surface area contributed by atoms with Gasteiger partial charge in [0.05, 0.1) is 12.7 Å². The summed E-state index contributed by atoms with van der Waals surface area (Å²) >= 11 is 0. The quantitative estimate of drug-likeness (QED) is 0.870. The Hall–Kier alpha value is -1.85. The fourth-order valence-electron chi connectivity index (χ4n) is 2.72. The SMILES string of the molecule is Cc1cncc(CN2CCO[C@H](c3ccc(F)c(F)c3)C2)c1. The van der Waals surface area contributed by atoms with Crippen LogP contribution in [-0.4, -0.2) is 29.6 Å². The highest BCUT2D eigenvalue weighted by atomic mass is 19.2. The molecule has 1 aromatic carbocycles. The molecule has 1 aliphatic heterocycles. The molecule has 116 valence electrons. The third-order valence-corrected chi connectivity index (χ3v) is 3.80. The lowest BCUT2D eigenvalue weighted by Gasteiger charge is -2.33. The minimum atomic E-state index is -0.832. The summed E-state index contributed by atoms with van der Waals surface area (Å²) in [4.78, 5) is 6.44. The number of ether oxygens (including phenoxy) is 1. The Labute approximate surface area is 128 Å². The Balaban J connectivity index is 1.69. The Morgan fingerprint density at radius 3 is 2.86 bits per heavy atom. The van der Waals surface area contributed by atoms with Crippen LogP contribution in [0.4, 0.5) is 8.78 Å². The molecule has 0 saturated carbocycles. The maximum absolute atomic E-state index is 13.4. The summed E-state index contributed by atoms with van der Waals surface area (Å²) in [6.45, 7) is 4.83. The highest BCUT2D eigenvalue weighted by molar-refractivity contribution is 5.21. The van der Waals surface area contributed by atoms with Crippen molar-refractivity contribution in [3.63, 3.8) is 0 Å². The molecule has 1 aromatic heterocycles. The van der Waals surface area contributed by atoms with E-state index in [9.17, 15) is 8.78 Å². The molecule has 3 nitrogen and oxygen atoms in total. The van der Waals surface area contributed by atoms with Gasteiger partial charge in [-0.05, 0) is 35.7 Å².